The van der Waals surface area contributed by atoms with E-state index in [4.69, 9.17) is 0 Å². The zero-order valence-electron chi connectivity index (χ0n) is 14.0. The lowest BCUT2D eigenvalue weighted by Crippen LogP contribution is -2.43. The van der Waals surface area contributed by atoms with Crippen LogP contribution in [0.1, 0.15) is 12.8 Å². The summed E-state index contributed by atoms with van der Waals surface area (Å²) < 4.78 is 36.9. The van der Waals surface area contributed by atoms with Gasteiger partial charge in [-0.25, -0.2) is 8.42 Å². The van der Waals surface area contributed by atoms with Gasteiger partial charge in [0.05, 0.1) is 11.7 Å². The molecule has 1 amide bonds. The van der Waals surface area contributed by atoms with Crippen molar-refractivity contribution in [3.63, 3.8) is 0 Å². The first-order chi connectivity index (χ1) is 13.0. The van der Waals surface area contributed by atoms with Crippen molar-refractivity contribution < 1.29 is 13.2 Å². The lowest BCUT2D eigenvalue weighted by molar-refractivity contribution is -0.119. The molecule has 1 aliphatic rings. The van der Waals surface area contributed by atoms with Crippen molar-refractivity contribution >= 4 is 60.3 Å². The van der Waals surface area contributed by atoms with E-state index in [9.17, 15) is 13.2 Å². The van der Waals surface area contributed by atoms with Gasteiger partial charge in [-0.1, -0.05) is 22.0 Å². The van der Waals surface area contributed by atoms with Gasteiger partial charge < -0.3 is 5.32 Å². The number of amides is 1. The fourth-order valence-corrected chi connectivity index (χ4v) is 5.84. The minimum Gasteiger partial charge on any atom is -0.325 e. The molecule has 0 radical (unpaired) electrons. The summed E-state index contributed by atoms with van der Waals surface area (Å²) >= 11 is 4.32. The number of benzene rings is 2. The van der Waals surface area contributed by atoms with Gasteiger partial charge in [0, 0.05) is 16.7 Å². The third-order valence-corrected chi connectivity index (χ3v) is 7.46. The van der Waals surface area contributed by atoms with Crippen LogP contribution < -0.4 is 5.32 Å². The number of hydrogen-bond donors (Lipinski definition) is 1. The van der Waals surface area contributed by atoms with Gasteiger partial charge in [0.2, 0.25) is 15.9 Å². The summed E-state index contributed by atoms with van der Waals surface area (Å²) in [5.41, 5.74) is 1.51. The molecule has 10 heteroatoms. The summed E-state index contributed by atoms with van der Waals surface area (Å²) in [6.45, 7) is 0.300. The van der Waals surface area contributed by atoms with Crippen LogP contribution in [0.2, 0.25) is 0 Å². The lowest BCUT2D eigenvalue weighted by atomic mass is 10.2. The third kappa shape index (κ3) is 3.49. The summed E-state index contributed by atoms with van der Waals surface area (Å²) in [7, 11) is -3.86. The molecule has 1 fully saturated rings. The molecule has 1 N–H and O–H groups in total. The van der Waals surface area contributed by atoms with Crippen LogP contribution in [0, 0.1) is 0 Å². The van der Waals surface area contributed by atoms with Crippen LogP contribution >= 0.6 is 27.7 Å². The highest BCUT2D eigenvalue weighted by Gasteiger charge is 2.40. The topological polar surface area (TPSA) is 92.3 Å². The molecule has 1 atom stereocenters. The van der Waals surface area contributed by atoms with Gasteiger partial charge in [0.15, 0.2) is 0 Å². The summed E-state index contributed by atoms with van der Waals surface area (Å²) in [5, 5.41) is 2.80. The van der Waals surface area contributed by atoms with Gasteiger partial charge in [-0.2, -0.15) is 13.1 Å². The zero-order valence-corrected chi connectivity index (χ0v) is 17.2. The Morgan fingerprint density at radius 2 is 1.96 bits per heavy atom. The van der Waals surface area contributed by atoms with Crippen molar-refractivity contribution in [2.75, 3.05) is 11.9 Å². The number of carbonyl (C=O) groups is 1. The SMILES string of the molecule is O=C(Nc1ccc(Br)cc1)[C@@H]1CCCN1S(=O)(=O)c1cccc2nsnc12. The number of sulfonamides is 1. The fourth-order valence-electron chi connectivity index (χ4n) is 3.16. The Morgan fingerprint density at radius 1 is 1.19 bits per heavy atom. The van der Waals surface area contributed by atoms with Crippen LogP contribution in [0.15, 0.2) is 51.8 Å². The number of carbonyl (C=O) groups excluding carboxylic acids is 1. The second-order valence-corrected chi connectivity index (χ2v) is 9.46. The van der Waals surface area contributed by atoms with Crippen LogP contribution in [0.4, 0.5) is 5.69 Å². The molecule has 2 aromatic carbocycles. The smallest absolute Gasteiger partial charge is 0.246 e. The molecule has 1 aliphatic heterocycles. The van der Waals surface area contributed by atoms with Gasteiger partial charge in [0.1, 0.15) is 22.0 Å². The molecule has 0 aliphatic carbocycles. The zero-order chi connectivity index (χ0) is 19.0. The Hall–Kier alpha value is -1.88. The number of halogens is 1. The molecule has 0 saturated carbocycles. The van der Waals surface area contributed by atoms with Crippen LogP contribution in [0.5, 0.6) is 0 Å². The Kier molecular flexibility index (Phi) is 4.97. The van der Waals surface area contributed by atoms with E-state index in [-0.39, 0.29) is 10.8 Å². The summed E-state index contributed by atoms with van der Waals surface area (Å²) in [4.78, 5) is 12.8. The van der Waals surface area contributed by atoms with Crippen molar-refractivity contribution in [1.82, 2.24) is 13.1 Å². The Labute approximate surface area is 168 Å². The molecule has 2 heterocycles. The van der Waals surface area contributed by atoms with Gasteiger partial charge in [0.25, 0.3) is 0 Å². The maximum Gasteiger partial charge on any atom is 0.246 e. The quantitative estimate of drug-likeness (QED) is 0.636. The third-order valence-electron chi connectivity index (χ3n) is 4.45. The summed E-state index contributed by atoms with van der Waals surface area (Å²) in [6, 6.07) is 11.3. The molecule has 1 aromatic heterocycles. The largest absolute Gasteiger partial charge is 0.325 e. The second kappa shape index (κ2) is 7.27. The van der Waals surface area contributed by atoms with E-state index >= 15 is 0 Å². The molecule has 27 heavy (non-hydrogen) atoms. The van der Waals surface area contributed by atoms with Gasteiger partial charge >= 0.3 is 0 Å². The van der Waals surface area contributed by atoms with Crippen molar-refractivity contribution in [2.24, 2.45) is 0 Å². The van der Waals surface area contributed by atoms with Crippen molar-refractivity contribution in [1.29, 1.82) is 0 Å². The molecule has 1 saturated heterocycles. The number of hydrogen-bond acceptors (Lipinski definition) is 6. The Bertz CT molecular complexity index is 1100. The molecule has 0 spiro atoms. The molecular formula is C17H15BrN4O3S2. The van der Waals surface area contributed by atoms with Crippen LogP contribution in [0.25, 0.3) is 11.0 Å². The van der Waals surface area contributed by atoms with E-state index in [0.717, 1.165) is 16.2 Å². The van der Waals surface area contributed by atoms with Crippen LogP contribution in [-0.2, 0) is 14.8 Å². The highest BCUT2D eigenvalue weighted by molar-refractivity contribution is 9.10. The average molecular weight is 467 g/mol. The summed E-state index contributed by atoms with van der Waals surface area (Å²) in [5.74, 6) is -0.332. The Balaban J connectivity index is 1.63. The monoisotopic (exact) mass is 466 g/mol. The first-order valence-electron chi connectivity index (χ1n) is 8.26. The maximum atomic E-state index is 13.2. The number of nitrogens with one attached hydrogen (secondary N) is 1. The van der Waals surface area contributed by atoms with E-state index in [1.807, 2.05) is 12.1 Å². The number of fused-ring (bicyclic) bond motifs is 1. The van der Waals surface area contributed by atoms with Gasteiger partial charge in [-0.05, 0) is 49.2 Å². The van der Waals surface area contributed by atoms with E-state index < -0.39 is 16.1 Å². The molecular weight excluding hydrogens is 452 g/mol. The second-order valence-electron chi connectivity index (χ2n) is 6.16. The van der Waals surface area contributed by atoms with E-state index in [2.05, 4.69) is 30.0 Å². The first kappa shape index (κ1) is 18.5. The minimum atomic E-state index is -3.86. The first-order valence-corrected chi connectivity index (χ1v) is 11.2. The highest BCUT2D eigenvalue weighted by Crippen LogP contribution is 2.30. The molecule has 0 bridgehead atoms. The number of nitrogens with zero attached hydrogens (tertiary/aromatic N) is 3. The molecule has 140 valence electrons. The van der Waals surface area contributed by atoms with Gasteiger partial charge in [-0.3, -0.25) is 4.79 Å². The van der Waals surface area contributed by atoms with Gasteiger partial charge in [-0.15, -0.1) is 0 Å². The fraction of sp³-hybridized carbons (Fsp3) is 0.235. The number of aromatic nitrogens is 2. The lowest BCUT2D eigenvalue weighted by Gasteiger charge is -2.23. The molecule has 4 rings (SSSR count). The molecule has 0 unspecified atom stereocenters. The van der Waals surface area contributed by atoms with E-state index in [1.54, 1.807) is 24.3 Å². The maximum absolute atomic E-state index is 13.2. The average Bonchev–Trinajstić information content (AvgIpc) is 3.32. The highest BCUT2D eigenvalue weighted by atomic mass is 79.9. The Morgan fingerprint density at radius 3 is 2.74 bits per heavy atom. The number of anilines is 1. The standard InChI is InChI=1S/C17H15BrN4O3S2/c18-11-6-8-12(9-7-11)19-17(23)14-4-2-10-22(14)27(24,25)15-5-1-3-13-16(15)21-26-20-13/h1,3,5-9,14H,2,4,10H2,(H,19,23)/t14-/m0/s1. The molecule has 7 nitrogen and oxygen atoms in total. The van der Waals surface area contributed by atoms with Crippen LogP contribution in [-0.4, -0.2) is 40.0 Å². The minimum absolute atomic E-state index is 0.0945. The van der Waals surface area contributed by atoms with E-state index in [1.165, 1.54) is 10.4 Å². The predicted octanol–water partition coefficient (Wildman–Crippen LogP) is 3.25. The summed E-state index contributed by atoms with van der Waals surface area (Å²) in [6.07, 6.45) is 1.11. The normalized spacial score (nSPS) is 18.0. The van der Waals surface area contributed by atoms with Crippen LogP contribution in [0.3, 0.4) is 0 Å². The van der Waals surface area contributed by atoms with Crippen molar-refractivity contribution in [2.45, 2.75) is 23.8 Å². The molecule has 3 aromatic rings. The van der Waals surface area contributed by atoms with E-state index in [0.29, 0.717) is 36.1 Å². The predicted molar refractivity (Wildman–Crippen MR) is 107 cm³/mol. The number of rotatable bonds is 4. The van der Waals surface area contributed by atoms with Crippen molar-refractivity contribution in [3.05, 3.63) is 46.9 Å². The van der Waals surface area contributed by atoms with Crippen molar-refractivity contribution in [3.8, 4) is 0 Å².